The molecule has 2 atom stereocenters. The minimum absolute atomic E-state index is 0.00865. The van der Waals surface area contributed by atoms with Gasteiger partial charge in [0.2, 0.25) is 0 Å². The van der Waals surface area contributed by atoms with Crippen LogP contribution in [0.15, 0.2) is 0 Å². The number of amides is 2. The topological polar surface area (TPSA) is 120 Å². The Bertz CT molecular complexity index is 959. The normalized spacial score (nSPS) is 21.0. The second kappa shape index (κ2) is 17.0. The first-order chi connectivity index (χ1) is 19.6. The Kier molecular flexibility index (Phi) is 15.6. The van der Waals surface area contributed by atoms with Crippen LogP contribution in [-0.4, -0.2) is 117 Å². The molecule has 0 aliphatic heterocycles. The highest BCUT2D eigenvalue weighted by molar-refractivity contribution is 7.85. The van der Waals surface area contributed by atoms with E-state index in [1.54, 1.807) is 0 Å². The van der Waals surface area contributed by atoms with Crippen molar-refractivity contribution in [3.63, 3.8) is 0 Å². The minimum Gasteiger partial charge on any atom is -0.427 e. The molecule has 0 heterocycles. The molecule has 2 unspecified atom stereocenters. The number of quaternary nitrogens is 2. The Labute approximate surface area is 257 Å². The molecule has 1 fully saturated rings. The lowest BCUT2D eigenvalue weighted by atomic mass is 9.63. The summed E-state index contributed by atoms with van der Waals surface area (Å²) in [4.78, 5) is 16.0. The predicted octanol–water partition coefficient (Wildman–Crippen LogP) is 4.87. The van der Waals surface area contributed by atoms with E-state index in [-0.39, 0.29) is 28.7 Å². The second-order valence-corrected chi connectivity index (χ2v) is 15.5. The van der Waals surface area contributed by atoms with Gasteiger partial charge in [-0.15, -0.1) is 0 Å². The zero-order valence-electron chi connectivity index (χ0n) is 28.1. The van der Waals surface area contributed by atoms with Gasteiger partial charge < -0.3 is 23.9 Å². The first-order valence-electron chi connectivity index (χ1n) is 16.3. The summed E-state index contributed by atoms with van der Waals surface area (Å²) in [6.07, 6.45) is 7.07. The molecule has 0 bridgehead atoms. The van der Waals surface area contributed by atoms with Gasteiger partial charge in [0.1, 0.15) is 6.61 Å². The van der Waals surface area contributed by atoms with Crippen molar-refractivity contribution in [2.75, 3.05) is 77.8 Å². The number of unbranched alkanes of at least 4 members (excludes halogenated alkanes) is 1. The van der Waals surface area contributed by atoms with E-state index in [0.717, 1.165) is 82.4 Å². The number of nitrogens with one attached hydrogen (secondary N) is 1. The van der Waals surface area contributed by atoms with Crippen molar-refractivity contribution in [2.24, 2.45) is 10.8 Å². The summed E-state index contributed by atoms with van der Waals surface area (Å²) < 4.78 is 38.8. The summed E-state index contributed by atoms with van der Waals surface area (Å²) in [5.41, 5.74) is -0.185. The van der Waals surface area contributed by atoms with Crippen LogP contribution in [0.1, 0.15) is 93.9 Å². The van der Waals surface area contributed by atoms with Gasteiger partial charge in [0.15, 0.2) is 0 Å². The molecular weight excluding hydrogens is 554 g/mol. The van der Waals surface area contributed by atoms with E-state index in [4.69, 9.17) is 10.00 Å². The van der Waals surface area contributed by atoms with Crippen molar-refractivity contribution in [3.8, 4) is 6.26 Å². The summed E-state index contributed by atoms with van der Waals surface area (Å²) in [5, 5.41) is 12.4. The van der Waals surface area contributed by atoms with Crippen molar-refractivity contribution in [2.45, 2.75) is 100.0 Å². The molecule has 11 heteroatoms. The smallest absolute Gasteiger partial charge is 0.318 e. The highest BCUT2D eigenvalue weighted by Gasteiger charge is 2.43. The zero-order chi connectivity index (χ0) is 32.1. The number of nitriles is 1. The molecule has 42 heavy (non-hydrogen) atoms. The Balaban J connectivity index is 3.18. The molecule has 1 aliphatic carbocycles. The third-order valence-corrected chi connectivity index (χ3v) is 10.7. The molecule has 0 aromatic rings. The zero-order valence-corrected chi connectivity index (χ0v) is 28.9. The van der Waals surface area contributed by atoms with Gasteiger partial charge in [-0.05, 0) is 58.8 Å². The van der Waals surface area contributed by atoms with Crippen LogP contribution in [0.2, 0.25) is 0 Å². The van der Waals surface area contributed by atoms with Gasteiger partial charge in [0.25, 0.3) is 16.4 Å². The Hall–Kier alpha value is -1.61. The molecule has 2 amide bonds. The first-order valence-corrected chi connectivity index (χ1v) is 17.9. The van der Waals surface area contributed by atoms with Gasteiger partial charge in [-0.2, -0.15) is 13.7 Å². The van der Waals surface area contributed by atoms with Gasteiger partial charge in [0, 0.05) is 17.9 Å². The third-order valence-electron chi connectivity index (χ3n) is 9.94. The molecule has 1 saturated carbocycles. The number of rotatable bonds is 20. The van der Waals surface area contributed by atoms with E-state index < -0.39 is 10.1 Å². The Morgan fingerprint density at radius 1 is 0.952 bits per heavy atom. The average Bonchev–Trinajstić information content (AvgIpc) is 2.91. The van der Waals surface area contributed by atoms with Crippen molar-refractivity contribution >= 4 is 16.1 Å². The Morgan fingerprint density at radius 2 is 1.48 bits per heavy atom. The van der Waals surface area contributed by atoms with E-state index in [2.05, 4.69) is 60.7 Å². The van der Waals surface area contributed by atoms with Crippen LogP contribution in [0.25, 0.3) is 0 Å². The summed E-state index contributed by atoms with van der Waals surface area (Å²) in [5.74, 6) is -0.243. The van der Waals surface area contributed by atoms with E-state index >= 15 is 0 Å². The second-order valence-electron chi connectivity index (χ2n) is 13.9. The lowest BCUT2D eigenvalue weighted by Crippen LogP contribution is -2.58. The molecule has 0 aromatic heterocycles. The minimum atomic E-state index is -4.00. The highest BCUT2D eigenvalue weighted by Crippen LogP contribution is 2.46. The molecule has 10 nitrogen and oxygen atoms in total. The monoisotopic (exact) mass is 617 g/mol. The number of ether oxygens (including phenoxy) is 1. The first kappa shape index (κ1) is 38.4. The van der Waals surface area contributed by atoms with Crippen molar-refractivity contribution in [1.82, 2.24) is 10.2 Å². The number of carbonyl (C=O) groups is 1. The van der Waals surface area contributed by atoms with Gasteiger partial charge in [-0.1, -0.05) is 34.1 Å². The average molecular weight is 618 g/mol. The maximum Gasteiger partial charge on any atom is 0.318 e. The third kappa shape index (κ3) is 12.9. The van der Waals surface area contributed by atoms with Crippen molar-refractivity contribution < 1.29 is 31.5 Å². The SMILES string of the molecule is CCCC[N+](CC)(CC)CCN(CC[N+](CC)(CC)CCCS(=O)(=O)O)C(=O)NC1CC(C)(C)CC(C)(COC#N)C1. The van der Waals surface area contributed by atoms with Gasteiger partial charge >= 0.3 is 6.03 Å². The van der Waals surface area contributed by atoms with Crippen LogP contribution in [-0.2, 0) is 14.9 Å². The summed E-state index contributed by atoms with van der Waals surface area (Å²) in [7, 11) is -4.00. The van der Waals surface area contributed by atoms with Crippen LogP contribution in [0, 0.1) is 22.3 Å². The van der Waals surface area contributed by atoms with Crippen LogP contribution in [0.4, 0.5) is 4.79 Å². The fourth-order valence-electron chi connectivity index (χ4n) is 7.31. The van der Waals surface area contributed by atoms with Crippen molar-refractivity contribution in [3.05, 3.63) is 0 Å². The van der Waals surface area contributed by atoms with Crippen LogP contribution in [0.3, 0.4) is 0 Å². The van der Waals surface area contributed by atoms with E-state index in [1.807, 2.05) is 11.2 Å². The van der Waals surface area contributed by atoms with Gasteiger partial charge in [-0.25, -0.2) is 4.79 Å². The fourth-order valence-corrected chi connectivity index (χ4v) is 7.80. The number of nitrogens with zero attached hydrogens (tertiary/aromatic N) is 4. The maximum absolute atomic E-state index is 14.0. The number of likely N-dealkylation sites (N-methyl/N-ethyl adjacent to an activating group) is 2. The lowest BCUT2D eigenvalue weighted by molar-refractivity contribution is -0.926. The van der Waals surface area contributed by atoms with Crippen LogP contribution < -0.4 is 5.32 Å². The van der Waals surface area contributed by atoms with Gasteiger partial charge in [-0.3, -0.25) is 4.55 Å². The summed E-state index contributed by atoms with van der Waals surface area (Å²) in [6, 6.07) is -0.0654. The largest absolute Gasteiger partial charge is 0.427 e. The maximum atomic E-state index is 14.0. The molecule has 246 valence electrons. The molecular formula is C31H63N5O5S+2. The van der Waals surface area contributed by atoms with E-state index in [9.17, 15) is 17.8 Å². The molecule has 0 saturated heterocycles. The standard InChI is InChI=1S/C31H61N5O5S/c1-9-14-18-35(10-2,11-3)20-16-34(17-21-36(12-4,13-5)19-15-22-42(38,39)40)29(37)33-28-23-30(6,7)25-31(8,24-28)26-41-27-32/h28H,9-26H2,1-8H3/p+2. The Morgan fingerprint density at radius 3 is 1.93 bits per heavy atom. The molecule has 0 spiro atoms. The summed E-state index contributed by atoms with van der Waals surface area (Å²) in [6.45, 7) is 26.1. The van der Waals surface area contributed by atoms with Gasteiger partial charge in [0.05, 0.1) is 71.2 Å². The van der Waals surface area contributed by atoms with E-state index in [1.165, 1.54) is 0 Å². The molecule has 1 aliphatic rings. The highest BCUT2D eigenvalue weighted by atomic mass is 32.2. The lowest BCUT2D eigenvalue weighted by Gasteiger charge is -2.46. The van der Waals surface area contributed by atoms with E-state index in [0.29, 0.717) is 37.1 Å². The fraction of sp³-hybridized carbons (Fsp3) is 0.935. The number of hydrogen-bond donors (Lipinski definition) is 2. The molecule has 2 N–H and O–H groups in total. The quantitative estimate of drug-likeness (QED) is 0.114. The van der Waals surface area contributed by atoms with Crippen molar-refractivity contribution in [1.29, 1.82) is 5.26 Å². The van der Waals surface area contributed by atoms with Crippen LogP contribution >= 0.6 is 0 Å². The summed E-state index contributed by atoms with van der Waals surface area (Å²) >= 11 is 0. The number of urea groups is 1. The molecule has 0 radical (unpaired) electrons. The number of hydrogen-bond acceptors (Lipinski definition) is 5. The predicted molar refractivity (Wildman–Crippen MR) is 169 cm³/mol. The van der Waals surface area contributed by atoms with Crippen LogP contribution in [0.5, 0.6) is 0 Å². The number of carbonyl (C=O) groups excluding carboxylic acids is 1. The molecule has 0 aromatic carbocycles. The molecule has 1 rings (SSSR count).